The number of aromatic nitrogens is 1. The van der Waals surface area contributed by atoms with Gasteiger partial charge < -0.3 is 4.57 Å². The van der Waals surface area contributed by atoms with Gasteiger partial charge in [0.25, 0.3) is 23.1 Å². The average molecular weight is 341 g/mol. The Morgan fingerprint density at radius 2 is 1.48 bits per heavy atom. The minimum Gasteiger partial charge on any atom is -0.309 e. The number of hydrogen-bond acceptors (Lipinski definition) is 5. The number of carbonyl (C=O) groups excluding carboxylic acids is 2. The van der Waals surface area contributed by atoms with Crippen molar-refractivity contribution in [3.8, 4) is 0 Å². The molecule has 0 saturated heterocycles. The first-order chi connectivity index (χ1) is 12.0. The summed E-state index contributed by atoms with van der Waals surface area (Å²) in [6.07, 6.45) is 2.21. The lowest BCUT2D eigenvalue weighted by Gasteiger charge is -2.13. The fraction of sp³-hybridized carbons (Fsp3) is 0.235. The largest absolute Gasteiger partial charge is 0.309 e. The highest BCUT2D eigenvalue weighted by molar-refractivity contribution is 6.21. The summed E-state index contributed by atoms with van der Waals surface area (Å²) < 4.78 is 1.26. The zero-order valence-electron chi connectivity index (χ0n) is 13.3. The van der Waals surface area contributed by atoms with Crippen LogP contribution in [-0.4, -0.2) is 32.7 Å². The maximum atomic E-state index is 12.2. The molecule has 1 aliphatic rings. The topological polar surface area (TPSA) is 103 Å². The Kier molecular flexibility index (Phi) is 4.42. The van der Waals surface area contributed by atoms with Crippen molar-refractivity contribution in [1.82, 2.24) is 9.47 Å². The van der Waals surface area contributed by atoms with E-state index in [2.05, 4.69) is 0 Å². The number of nitro groups is 1. The number of rotatable bonds is 6. The third-order valence-electron chi connectivity index (χ3n) is 4.09. The van der Waals surface area contributed by atoms with Crippen LogP contribution in [0.25, 0.3) is 0 Å². The van der Waals surface area contributed by atoms with Gasteiger partial charge in [0.05, 0.1) is 22.2 Å². The number of benzene rings is 1. The fourth-order valence-electron chi connectivity index (χ4n) is 2.80. The summed E-state index contributed by atoms with van der Waals surface area (Å²) in [4.78, 5) is 47.6. The Morgan fingerprint density at radius 1 is 0.880 bits per heavy atom. The molecule has 1 aromatic heterocycles. The molecule has 0 aliphatic carbocycles. The second-order valence-corrected chi connectivity index (χ2v) is 5.69. The highest BCUT2D eigenvalue weighted by Crippen LogP contribution is 2.22. The van der Waals surface area contributed by atoms with Crippen LogP contribution in [-0.2, 0) is 6.54 Å². The molecular formula is C17H15N3O5. The van der Waals surface area contributed by atoms with E-state index in [1.54, 1.807) is 24.3 Å². The average Bonchev–Trinajstić information content (AvgIpc) is 2.85. The number of imide groups is 1. The van der Waals surface area contributed by atoms with E-state index in [0.717, 1.165) is 12.1 Å². The van der Waals surface area contributed by atoms with Gasteiger partial charge in [-0.3, -0.25) is 29.4 Å². The summed E-state index contributed by atoms with van der Waals surface area (Å²) in [5.74, 6) is -0.624. The molecular weight excluding hydrogens is 326 g/mol. The van der Waals surface area contributed by atoms with Gasteiger partial charge in [0.1, 0.15) is 0 Å². The molecule has 0 fully saturated rings. The van der Waals surface area contributed by atoms with Crippen molar-refractivity contribution in [3.05, 3.63) is 74.2 Å². The monoisotopic (exact) mass is 341 g/mol. The minimum atomic E-state index is -0.561. The van der Waals surface area contributed by atoms with E-state index >= 15 is 0 Å². The van der Waals surface area contributed by atoms with Gasteiger partial charge in [-0.15, -0.1) is 0 Å². The van der Waals surface area contributed by atoms with Crippen molar-refractivity contribution >= 4 is 17.5 Å². The van der Waals surface area contributed by atoms with Crippen molar-refractivity contribution < 1.29 is 14.5 Å². The Morgan fingerprint density at radius 3 is 2.08 bits per heavy atom. The fourth-order valence-corrected chi connectivity index (χ4v) is 2.80. The summed E-state index contributed by atoms with van der Waals surface area (Å²) in [5, 5.41) is 10.8. The molecule has 0 bridgehead atoms. The molecule has 3 rings (SSSR count). The van der Waals surface area contributed by atoms with Crippen LogP contribution in [0.2, 0.25) is 0 Å². The van der Waals surface area contributed by atoms with Crippen LogP contribution in [0.3, 0.4) is 0 Å². The zero-order chi connectivity index (χ0) is 18.0. The van der Waals surface area contributed by atoms with Crippen LogP contribution < -0.4 is 5.56 Å². The number of nitrogens with zero attached hydrogens (tertiary/aromatic N) is 3. The van der Waals surface area contributed by atoms with Crippen LogP contribution in [0.5, 0.6) is 0 Å². The molecule has 0 N–H and O–H groups in total. The van der Waals surface area contributed by atoms with Gasteiger partial charge in [0.2, 0.25) is 0 Å². The molecule has 0 radical (unpaired) electrons. The molecule has 2 amide bonds. The van der Waals surface area contributed by atoms with Gasteiger partial charge in [-0.1, -0.05) is 12.1 Å². The Hall–Kier alpha value is -3.29. The van der Waals surface area contributed by atoms with E-state index in [1.807, 2.05) is 0 Å². The number of carbonyl (C=O) groups is 2. The van der Waals surface area contributed by atoms with E-state index in [9.17, 15) is 24.5 Å². The molecule has 8 nitrogen and oxygen atoms in total. The number of aryl methyl sites for hydroxylation is 1. The van der Waals surface area contributed by atoms with Crippen LogP contribution in [0, 0.1) is 10.1 Å². The molecule has 1 aromatic carbocycles. The Balaban J connectivity index is 1.59. The molecule has 0 saturated carbocycles. The summed E-state index contributed by atoms with van der Waals surface area (Å²) >= 11 is 0. The van der Waals surface area contributed by atoms with Crippen LogP contribution in [0.1, 0.15) is 33.6 Å². The molecule has 0 unspecified atom stereocenters. The minimum absolute atomic E-state index is 0.153. The predicted molar refractivity (Wildman–Crippen MR) is 88.4 cm³/mol. The molecule has 8 heteroatoms. The Labute approximate surface area is 142 Å². The smallest absolute Gasteiger partial charge is 0.285 e. The van der Waals surface area contributed by atoms with Gasteiger partial charge in [0, 0.05) is 25.2 Å². The molecule has 1 aliphatic heterocycles. The second kappa shape index (κ2) is 6.68. The van der Waals surface area contributed by atoms with E-state index in [4.69, 9.17) is 0 Å². The van der Waals surface area contributed by atoms with Crippen LogP contribution in [0.4, 0.5) is 5.69 Å². The third-order valence-corrected chi connectivity index (χ3v) is 4.09. The first-order valence-electron chi connectivity index (χ1n) is 7.79. The third kappa shape index (κ3) is 3.18. The van der Waals surface area contributed by atoms with Gasteiger partial charge >= 0.3 is 0 Å². The first-order valence-corrected chi connectivity index (χ1v) is 7.79. The number of amides is 2. The van der Waals surface area contributed by atoms with Crippen molar-refractivity contribution in [3.63, 3.8) is 0 Å². The number of unbranched alkanes of at least 4 members (excludes halogenated alkanes) is 1. The maximum Gasteiger partial charge on any atom is 0.285 e. The van der Waals surface area contributed by atoms with E-state index in [0.29, 0.717) is 24.0 Å². The molecule has 2 aromatic rings. The first kappa shape index (κ1) is 16.6. The second-order valence-electron chi connectivity index (χ2n) is 5.69. The standard InChI is InChI=1S/C17H15N3O5/c21-15-8-7-12(20(24)25)11-18(15)9-3-4-10-19-16(22)13-5-1-2-6-14(13)17(19)23/h1-2,5-8,11H,3-4,9-10H2. The van der Waals surface area contributed by atoms with Crippen molar-refractivity contribution in [2.75, 3.05) is 6.54 Å². The molecule has 0 spiro atoms. The lowest BCUT2D eigenvalue weighted by molar-refractivity contribution is -0.385. The van der Waals surface area contributed by atoms with E-state index in [1.165, 1.54) is 15.7 Å². The normalized spacial score (nSPS) is 13.2. The van der Waals surface area contributed by atoms with Gasteiger partial charge in [-0.2, -0.15) is 0 Å². The van der Waals surface area contributed by atoms with Gasteiger partial charge in [-0.25, -0.2) is 0 Å². The summed E-state index contributed by atoms with van der Waals surface area (Å²) in [5.41, 5.74) is 0.330. The number of hydrogen-bond donors (Lipinski definition) is 0. The van der Waals surface area contributed by atoms with Crippen LogP contribution >= 0.6 is 0 Å². The highest BCUT2D eigenvalue weighted by atomic mass is 16.6. The quantitative estimate of drug-likeness (QED) is 0.345. The molecule has 25 heavy (non-hydrogen) atoms. The van der Waals surface area contributed by atoms with Crippen molar-refractivity contribution in [1.29, 1.82) is 0 Å². The highest BCUT2D eigenvalue weighted by Gasteiger charge is 2.34. The van der Waals surface area contributed by atoms with E-state index < -0.39 is 4.92 Å². The van der Waals surface area contributed by atoms with Gasteiger partial charge in [-0.05, 0) is 25.0 Å². The summed E-state index contributed by atoms with van der Waals surface area (Å²) in [6, 6.07) is 8.99. The lowest BCUT2D eigenvalue weighted by atomic mass is 10.1. The Bertz CT molecular complexity index is 883. The van der Waals surface area contributed by atoms with E-state index in [-0.39, 0.29) is 36.2 Å². The molecule has 128 valence electrons. The van der Waals surface area contributed by atoms with Crippen LogP contribution in [0.15, 0.2) is 47.4 Å². The predicted octanol–water partition coefficient (Wildman–Crippen LogP) is 1.83. The van der Waals surface area contributed by atoms with Crippen molar-refractivity contribution in [2.45, 2.75) is 19.4 Å². The zero-order valence-corrected chi connectivity index (χ0v) is 13.3. The SMILES string of the molecule is O=C1c2ccccc2C(=O)N1CCCCn1cc([N+](=O)[O-])ccc1=O. The molecule has 0 atom stereocenters. The number of pyridine rings is 1. The molecule has 2 heterocycles. The number of fused-ring (bicyclic) bond motifs is 1. The van der Waals surface area contributed by atoms with Crippen molar-refractivity contribution in [2.24, 2.45) is 0 Å². The maximum absolute atomic E-state index is 12.2. The summed E-state index contributed by atoms with van der Waals surface area (Å²) in [6.45, 7) is 0.527. The lowest BCUT2D eigenvalue weighted by Crippen LogP contribution is -2.31. The van der Waals surface area contributed by atoms with Gasteiger partial charge in [0.15, 0.2) is 0 Å². The summed E-state index contributed by atoms with van der Waals surface area (Å²) in [7, 11) is 0.